The zero-order valence-electron chi connectivity index (χ0n) is 14.8. The van der Waals surface area contributed by atoms with Gasteiger partial charge in [0.1, 0.15) is 6.10 Å². The molecular formula is C18H36O3. The van der Waals surface area contributed by atoms with Crippen LogP contribution in [0.15, 0.2) is 0 Å². The molecule has 0 aliphatic carbocycles. The number of hydrogen-bond donors (Lipinski definition) is 0. The molecule has 0 aliphatic heterocycles. The molecule has 0 saturated heterocycles. The van der Waals surface area contributed by atoms with Crippen LogP contribution in [0.5, 0.6) is 0 Å². The van der Waals surface area contributed by atoms with Gasteiger partial charge < -0.3 is 9.47 Å². The van der Waals surface area contributed by atoms with Gasteiger partial charge in [-0.1, -0.05) is 79.6 Å². The van der Waals surface area contributed by atoms with E-state index in [2.05, 4.69) is 34.6 Å². The van der Waals surface area contributed by atoms with Crippen LogP contribution in [0.3, 0.4) is 0 Å². The number of rotatable bonds is 12. The van der Waals surface area contributed by atoms with Crippen LogP contribution in [0.4, 0.5) is 4.79 Å². The molecule has 0 heterocycles. The molecule has 0 rings (SSSR count). The van der Waals surface area contributed by atoms with Crippen molar-refractivity contribution in [1.82, 2.24) is 0 Å². The molecule has 0 bridgehead atoms. The summed E-state index contributed by atoms with van der Waals surface area (Å²) in [5.74, 6) is 0.640. The third kappa shape index (κ3) is 11.6. The molecule has 0 spiro atoms. The lowest BCUT2D eigenvalue weighted by Gasteiger charge is -2.24. The first-order chi connectivity index (χ1) is 9.99. The fourth-order valence-electron chi connectivity index (χ4n) is 2.58. The summed E-state index contributed by atoms with van der Waals surface area (Å²) in [4.78, 5) is 11.6. The number of carbonyl (C=O) groups is 1. The average Bonchev–Trinajstić information content (AvgIpc) is 2.42. The van der Waals surface area contributed by atoms with Crippen molar-refractivity contribution in [2.24, 2.45) is 11.8 Å². The zero-order chi connectivity index (χ0) is 16.1. The molecule has 0 atom stereocenters. The predicted octanol–water partition coefficient (Wildman–Crippen LogP) is 5.96. The molecule has 0 amide bonds. The van der Waals surface area contributed by atoms with Crippen LogP contribution in [-0.4, -0.2) is 18.9 Å². The standard InChI is InChI=1S/C18H36O3/c1-6-7-8-9-10-11-12-13-14-20-18(19)21-17(15(2)3)16(4)5/h15-17H,6-14H2,1-5H3. The summed E-state index contributed by atoms with van der Waals surface area (Å²) in [5.41, 5.74) is 0. The lowest BCUT2D eigenvalue weighted by Crippen LogP contribution is -2.29. The molecule has 0 aromatic rings. The monoisotopic (exact) mass is 300 g/mol. The quantitative estimate of drug-likeness (QED) is 0.329. The Balaban J connectivity index is 3.53. The Morgan fingerprint density at radius 2 is 1.29 bits per heavy atom. The van der Waals surface area contributed by atoms with Crippen LogP contribution in [0, 0.1) is 11.8 Å². The van der Waals surface area contributed by atoms with E-state index in [0.717, 1.165) is 12.8 Å². The van der Waals surface area contributed by atoms with Crippen LogP contribution in [-0.2, 0) is 9.47 Å². The highest BCUT2D eigenvalue weighted by atomic mass is 16.7. The average molecular weight is 300 g/mol. The molecule has 0 aromatic heterocycles. The highest BCUT2D eigenvalue weighted by molar-refractivity contribution is 5.60. The van der Waals surface area contributed by atoms with Gasteiger partial charge in [0.05, 0.1) is 6.61 Å². The Morgan fingerprint density at radius 3 is 1.76 bits per heavy atom. The molecule has 0 unspecified atom stereocenters. The highest BCUT2D eigenvalue weighted by Crippen LogP contribution is 2.17. The van der Waals surface area contributed by atoms with Gasteiger partial charge in [0, 0.05) is 0 Å². The first-order valence-corrected chi connectivity index (χ1v) is 8.82. The Morgan fingerprint density at radius 1 is 0.810 bits per heavy atom. The van der Waals surface area contributed by atoms with Crippen molar-refractivity contribution in [3.8, 4) is 0 Å². The van der Waals surface area contributed by atoms with Crippen LogP contribution < -0.4 is 0 Å². The summed E-state index contributed by atoms with van der Waals surface area (Å²) in [5, 5.41) is 0. The van der Waals surface area contributed by atoms with Crippen LogP contribution in [0.25, 0.3) is 0 Å². The van der Waals surface area contributed by atoms with Crippen molar-refractivity contribution >= 4 is 6.16 Å². The van der Waals surface area contributed by atoms with E-state index in [9.17, 15) is 4.79 Å². The summed E-state index contributed by atoms with van der Waals surface area (Å²) in [7, 11) is 0. The Bertz CT molecular complexity index is 241. The second-order valence-electron chi connectivity index (χ2n) is 6.64. The van der Waals surface area contributed by atoms with Crippen LogP contribution >= 0.6 is 0 Å². The summed E-state index contributed by atoms with van der Waals surface area (Å²) < 4.78 is 10.5. The zero-order valence-corrected chi connectivity index (χ0v) is 14.8. The van der Waals surface area contributed by atoms with Gasteiger partial charge in [0.15, 0.2) is 0 Å². The van der Waals surface area contributed by atoms with Gasteiger partial charge in [-0.25, -0.2) is 4.79 Å². The van der Waals surface area contributed by atoms with Gasteiger partial charge in [-0.3, -0.25) is 0 Å². The van der Waals surface area contributed by atoms with Crippen molar-refractivity contribution in [1.29, 1.82) is 0 Å². The molecule has 0 aromatic carbocycles. The molecule has 0 aliphatic rings. The minimum Gasteiger partial charge on any atom is -0.434 e. The molecule has 0 fully saturated rings. The Labute approximate surface area is 131 Å². The van der Waals surface area contributed by atoms with Crippen molar-refractivity contribution in [3.63, 3.8) is 0 Å². The maximum Gasteiger partial charge on any atom is 0.508 e. The van der Waals surface area contributed by atoms with E-state index in [1.165, 1.54) is 38.5 Å². The molecule has 3 nitrogen and oxygen atoms in total. The maximum atomic E-state index is 11.6. The predicted molar refractivity (Wildman–Crippen MR) is 88.5 cm³/mol. The SMILES string of the molecule is CCCCCCCCCCOC(=O)OC(C(C)C)C(C)C. The minimum atomic E-state index is -0.509. The molecule has 126 valence electrons. The van der Waals surface area contributed by atoms with Gasteiger partial charge in [-0.2, -0.15) is 0 Å². The van der Waals surface area contributed by atoms with E-state index in [-0.39, 0.29) is 6.10 Å². The molecular weight excluding hydrogens is 264 g/mol. The molecule has 0 radical (unpaired) electrons. The van der Waals surface area contributed by atoms with E-state index >= 15 is 0 Å². The lowest BCUT2D eigenvalue weighted by molar-refractivity contribution is -0.0110. The topological polar surface area (TPSA) is 35.5 Å². The molecule has 3 heteroatoms. The van der Waals surface area contributed by atoms with E-state index in [0.29, 0.717) is 18.4 Å². The fraction of sp³-hybridized carbons (Fsp3) is 0.944. The summed E-state index contributed by atoms with van der Waals surface area (Å²) in [6, 6.07) is 0. The molecule has 21 heavy (non-hydrogen) atoms. The molecule has 0 N–H and O–H groups in total. The number of ether oxygens (including phenoxy) is 2. The largest absolute Gasteiger partial charge is 0.508 e. The third-order valence-corrected chi connectivity index (χ3v) is 3.76. The van der Waals surface area contributed by atoms with Crippen molar-refractivity contribution in [2.75, 3.05) is 6.61 Å². The van der Waals surface area contributed by atoms with Gasteiger partial charge in [-0.05, 0) is 18.3 Å². The second-order valence-corrected chi connectivity index (χ2v) is 6.64. The lowest BCUT2D eigenvalue weighted by atomic mass is 9.96. The van der Waals surface area contributed by atoms with Gasteiger partial charge in [-0.15, -0.1) is 0 Å². The Hall–Kier alpha value is -0.730. The van der Waals surface area contributed by atoms with E-state index < -0.39 is 6.16 Å². The highest BCUT2D eigenvalue weighted by Gasteiger charge is 2.22. The summed E-state index contributed by atoms with van der Waals surface area (Å²) in [6.07, 6.45) is 9.38. The fourth-order valence-corrected chi connectivity index (χ4v) is 2.58. The summed E-state index contributed by atoms with van der Waals surface area (Å²) in [6.45, 7) is 11.0. The summed E-state index contributed by atoms with van der Waals surface area (Å²) >= 11 is 0. The van der Waals surface area contributed by atoms with Crippen LogP contribution in [0.2, 0.25) is 0 Å². The van der Waals surface area contributed by atoms with E-state index in [1.807, 2.05) is 0 Å². The maximum absolute atomic E-state index is 11.6. The second kappa shape index (κ2) is 13.0. The van der Waals surface area contributed by atoms with E-state index in [1.54, 1.807) is 0 Å². The number of hydrogen-bond acceptors (Lipinski definition) is 3. The smallest absolute Gasteiger partial charge is 0.434 e. The third-order valence-electron chi connectivity index (χ3n) is 3.76. The normalized spacial score (nSPS) is 11.4. The van der Waals surface area contributed by atoms with Crippen molar-refractivity contribution in [2.45, 2.75) is 92.1 Å². The van der Waals surface area contributed by atoms with E-state index in [4.69, 9.17) is 9.47 Å². The van der Waals surface area contributed by atoms with Gasteiger partial charge in [0.2, 0.25) is 0 Å². The first-order valence-electron chi connectivity index (χ1n) is 8.82. The van der Waals surface area contributed by atoms with Gasteiger partial charge >= 0.3 is 6.16 Å². The van der Waals surface area contributed by atoms with Crippen molar-refractivity contribution in [3.05, 3.63) is 0 Å². The Kier molecular flexibility index (Phi) is 12.5. The van der Waals surface area contributed by atoms with Gasteiger partial charge in [0.25, 0.3) is 0 Å². The minimum absolute atomic E-state index is 0.0592. The number of carbonyl (C=O) groups excluding carboxylic acids is 1. The number of unbranched alkanes of at least 4 members (excludes halogenated alkanes) is 7. The molecule has 0 saturated carbocycles. The first kappa shape index (κ1) is 20.3. The van der Waals surface area contributed by atoms with Crippen molar-refractivity contribution < 1.29 is 14.3 Å². The van der Waals surface area contributed by atoms with Crippen LogP contribution in [0.1, 0.15) is 86.0 Å².